The zero-order valence-electron chi connectivity index (χ0n) is 17.6. The Morgan fingerprint density at radius 1 is 1.19 bits per heavy atom. The van der Waals surface area contributed by atoms with Gasteiger partial charge in [0.05, 0.1) is 24.4 Å². The highest BCUT2D eigenvalue weighted by molar-refractivity contribution is 6.00. The van der Waals surface area contributed by atoms with E-state index in [1.54, 1.807) is 30.3 Å². The van der Waals surface area contributed by atoms with E-state index in [9.17, 15) is 14.4 Å². The molecule has 4 rings (SSSR count). The largest absolute Gasteiger partial charge is 0.495 e. The average Bonchev–Trinajstić information content (AvgIpc) is 3.14. The Kier molecular flexibility index (Phi) is 5.46. The first-order chi connectivity index (χ1) is 14.9. The third kappa shape index (κ3) is 4.01. The lowest BCUT2D eigenvalue weighted by atomic mass is 10.1. The number of anilines is 1. The fraction of sp³-hybridized carbons (Fsp3) is 0.304. The molecule has 0 aliphatic carbocycles. The number of hydrogen-bond donors (Lipinski definition) is 0. The zero-order valence-corrected chi connectivity index (χ0v) is 17.6. The number of pyridine rings is 1. The Morgan fingerprint density at radius 2 is 2.00 bits per heavy atom. The van der Waals surface area contributed by atoms with E-state index in [-0.39, 0.29) is 31.0 Å². The highest BCUT2D eigenvalue weighted by Crippen LogP contribution is 2.34. The quantitative estimate of drug-likeness (QED) is 0.588. The van der Waals surface area contributed by atoms with Gasteiger partial charge in [0, 0.05) is 25.2 Å². The van der Waals surface area contributed by atoms with Crippen LogP contribution >= 0.6 is 0 Å². The fourth-order valence-electron chi connectivity index (χ4n) is 3.75. The van der Waals surface area contributed by atoms with E-state index < -0.39 is 11.9 Å². The second kappa shape index (κ2) is 8.22. The molecule has 8 nitrogen and oxygen atoms in total. The number of aromatic nitrogens is 2. The van der Waals surface area contributed by atoms with Gasteiger partial charge in [0.1, 0.15) is 18.0 Å². The monoisotopic (exact) mass is 421 g/mol. The SMILES string of the molecule is COc1ccc(C)cc1N1C[C@@H](C(=O)OCc2cc(=O)n3cccc(C)c3n2)CC1=O. The molecule has 1 saturated heterocycles. The summed E-state index contributed by atoms with van der Waals surface area (Å²) in [4.78, 5) is 43.5. The van der Waals surface area contributed by atoms with Crippen LogP contribution in [0.1, 0.15) is 23.2 Å². The third-order valence-corrected chi connectivity index (χ3v) is 5.39. The van der Waals surface area contributed by atoms with Gasteiger partial charge in [-0.15, -0.1) is 0 Å². The van der Waals surface area contributed by atoms with Crippen molar-refractivity contribution < 1.29 is 19.1 Å². The fourth-order valence-corrected chi connectivity index (χ4v) is 3.75. The Bertz CT molecular complexity index is 1230. The molecule has 0 N–H and O–H groups in total. The molecular formula is C23H23N3O5. The van der Waals surface area contributed by atoms with Crippen LogP contribution in [-0.4, -0.2) is 34.9 Å². The number of carbonyl (C=O) groups is 2. The lowest BCUT2D eigenvalue weighted by molar-refractivity contribution is -0.149. The second-order valence-electron chi connectivity index (χ2n) is 7.66. The van der Waals surface area contributed by atoms with Gasteiger partial charge in [-0.25, -0.2) is 4.98 Å². The van der Waals surface area contributed by atoms with Crippen molar-refractivity contribution in [1.82, 2.24) is 9.38 Å². The lowest BCUT2D eigenvalue weighted by Gasteiger charge is -2.20. The molecule has 0 bridgehead atoms. The van der Waals surface area contributed by atoms with Crippen molar-refractivity contribution in [3.8, 4) is 5.75 Å². The number of ether oxygens (including phenoxy) is 2. The van der Waals surface area contributed by atoms with Crippen LogP contribution in [0.4, 0.5) is 5.69 Å². The summed E-state index contributed by atoms with van der Waals surface area (Å²) in [7, 11) is 1.54. The van der Waals surface area contributed by atoms with Crippen molar-refractivity contribution in [2.75, 3.05) is 18.6 Å². The molecule has 1 aliphatic heterocycles. The summed E-state index contributed by atoms with van der Waals surface area (Å²) in [6.07, 6.45) is 1.70. The summed E-state index contributed by atoms with van der Waals surface area (Å²) in [6, 6.07) is 10.5. The maximum Gasteiger partial charge on any atom is 0.311 e. The van der Waals surface area contributed by atoms with Crippen LogP contribution in [0.2, 0.25) is 0 Å². The number of rotatable bonds is 5. The number of hydrogen-bond acceptors (Lipinski definition) is 6. The van der Waals surface area contributed by atoms with E-state index in [2.05, 4.69) is 4.98 Å². The van der Waals surface area contributed by atoms with Crippen molar-refractivity contribution in [3.63, 3.8) is 0 Å². The number of fused-ring (bicyclic) bond motifs is 1. The van der Waals surface area contributed by atoms with Crippen molar-refractivity contribution in [2.24, 2.45) is 5.92 Å². The number of amides is 1. The van der Waals surface area contributed by atoms with Gasteiger partial charge in [-0.05, 0) is 43.2 Å². The number of nitrogens with zero attached hydrogens (tertiary/aromatic N) is 3. The maximum atomic E-state index is 12.6. The van der Waals surface area contributed by atoms with Gasteiger partial charge in [0.2, 0.25) is 5.91 Å². The van der Waals surface area contributed by atoms with E-state index in [0.717, 1.165) is 11.1 Å². The molecule has 3 heterocycles. The van der Waals surface area contributed by atoms with Crippen LogP contribution in [0.15, 0.2) is 47.4 Å². The van der Waals surface area contributed by atoms with Crippen LogP contribution in [0.5, 0.6) is 5.75 Å². The molecule has 160 valence electrons. The van der Waals surface area contributed by atoms with Crippen LogP contribution in [-0.2, 0) is 20.9 Å². The van der Waals surface area contributed by atoms with Gasteiger partial charge in [0.25, 0.3) is 5.56 Å². The first-order valence-corrected chi connectivity index (χ1v) is 9.97. The number of methoxy groups -OCH3 is 1. The molecule has 0 saturated carbocycles. The molecule has 1 amide bonds. The first-order valence-electron chi connectivity index (χ1n) is 9.97. The predicted octanol–water partition coefficient (Wildman–Crippen LogP) is 2.42. The molecule has 0 spiro atoms. The molecule has 3 aromatic rings. The lowest BCUT2D eigenvalue weighted by Crippen LogP contribution is -2.27. The number of carbonyl (C=O) groups excluding carboxylic acids is 2. The summed E-state index contributed by atoms with van der Waals surface area (Å²) in [5.74, 6) is -0.678. The van der Waals surface area contributed by atoms with E-state index >= 15 is 0 Å². The molecule has 1 fully saturated rings. The van der Waals surface area contributed by atoms with Crippen LogP contribution < -0.4 is 15.2 Å². The molecule has 1 aromatic carbocycles. The minimum Gasteiger partial charge on any atom is -0.495 e. The van der Waals surface area contributed by atoms with E-state index in [4.69, 9.17) is 9.47 Å². The smallest absolute Gasteiger partial charge is 0.311 e. The summed E-state index contributed by atoms with van der Waals surface area (Å²) < 4.78 is 12.2. The van der Waals surface area contributed by atoms with E-state index in [0.29, 0.717) is 22.8 Å². The predicted molar refractivity (Wildman–Crippen MR) is 114 cm³/mol. The minimum atomic E-state index is -0.596. The van der Waals surface area contributed by atoms with Crippen LogP contribution in [0.3, 0.4) is 0 Å². The zero-order chi connectivity index (χ0) is 22.1. The Balaban J connectivity index is 1.47. The summed E-state index contributed by atoms with van der Waals surface area (Å²) in [6.45, 7) is 3.87. The van der Waals surface area contributed by atoms with E-state index in [1.165, 1.54) is 10.5 Å². The standard InChI is InChI=1S/C23H23N3O5/c1-14-6-7-19(30-3)18(9-14)26-12-16(10-20(26)27)23(29)31-13-17-11-21(28)25-8-4-5-15(2)22(25)24-17/h4-9,11,16H,10,12-13H2,1-3H3/t16-/m0/s1. The van der Waals surface area contributed by atoms with Crippen LogP contribution in [0, 0.1) is 19.8 Å². The van der Waals surface area contributed by atoms with Crippen molar-refractivity contribution in [3.05, 3.63) is 69.8 Å². The topological polar surface area (TPSA) is 90.2 Å². The van der Waals surface area contributed by atoms with Crippen LogP contribution in [0.25, 0.3) is 5.65 Å². The van der Waals surface area contributed by atoms with Gasteiger partial charge >= 0.3 is 5.97 Å². The Hall–Kier alpha value is -3.68. The Morgan fingerprint density at radius 3 is 2.77 bits per heavy atom. The van der Waals surface area contributed by atoms with E-state index in [1.807, 2.05) is 32.0 Å². The van der Waals surface area contributed by atoms with Crippen molar-refractivity contribution in [2.45, 2.75) is 26.9 Å². The summed E-state index contributed by atoms with van der Waals surface area (Å²) in [5.41, 5.74) is 3.12. The molecule has 8 heteroatoms. The molecule has 31 heavy (non-hydrogen) atoms. The molecule has 2 aromatic heterocycles. The van der Waals surface area contributed by atoms with Gasteiger partial charge in [-0.2, -0.15) is 0 Å². The number of aryl methyl sites for hydroxylation is 2. The third-order valence-electron chi connectivity index (χ3n) is 5.39. The normalized spacial score (nSPS) is 16.0. The maximum absolute atomic E-state index is 12.6. The van der Waals surface area contributed by atoms with Crippen molar-refractivity contribution >= 4 is 23.2 Å². The van der Waals surface area contributed by atoms with Gasteiger partial charge in [0.15, 0.2) is 0 Å². The minimum absolute atomic E-state index is 0.0584. The molecule has 0 unspecified atom stereocenters. The second-order valence-corrected chi connectivity index (χ2v) is 7.66. The number of benzene rings is 1. The highest BCUT2D eigenvalue weighted by Gasteiger charge is 2.37. The summed E-state index contributed by atoms with van der Waals surface area (Å²) >= 11 is 0. The molecule has 0 radical (unpaired) electrons. The molecule has 1 aliphatic rings. The van der Waals surface area contributed by atoms with Gasteiger partial charge in [-0.1, -0.05) is 12.1 Å². The number of esters is 1. The molecule has 1 atom stereocenters. The Labute approximate surface area is 179 Å². The van der Waals surface area contributed by atoms with Gasteiger partial charge < -0.3 is 14.4 Å². The summed E-state index contributed by atoms with van der Waals surface area (Å²) in [5, 5.41) is 0. The first kappa shape index (κ1) is 20.6. The highest BCUT2D eigenvalue weighted by atomic mass is 16.5. The molecular weight excluding hydrogens is 398 g/mol. The van der Waals surface area contributed by atoms with Gasteiger partial charge in [-0.3, -0.25) is 18.8 Å². The van der Waals surface area contributed by atoms with Crippen molar-refractivity contribution in [1.29, 1.82) is 0 Å². The average molecular weight is 421 g/mol.